The molecule has 64 valence electrons. The lowest BCUT2D eigenvalue weighted by Gasteiger charge is -2.16. The van der Waals surface area contributed by atoms with Gasteiger partial charge in [0.05, 0.1) is 11.4 Å². The first-order chi connectivity index (χ1) is 5.13. The van der Waals surface area contributed by atoms with Crippen molar-refractivity contribution < 1.29 is 0 Å². The lowest BCUT2D eigenvalue weighted by molar-refractivity contribution is 0.539. The Morgan fingerprint density at radius 2 is 1.91 bits per heavy atom. The van der Waals surface area contributed by atoms with Crippen LogP contribution in [0.3, 0.4) is 0 Å². The van der Waals surface area contributed by atoms with E-state index in [1.54, 1.807) is 0 Å². The Morgan fingerprint density at radius 1 is 1.36 bits per heavy atom. The van der Waals surface area contributed by atoms with E-state index in [0.717, 1.165) is 24.4 Å². The Balaban J connectivity index is 4.26. The fraction of sp³-hybridized carbons (Fsp3) is 0.667. The summed E-state index contributed by atoms with van der Waals surface area (Å²) in [6.07, 6.45) is 0.963. The van der Waals surface area contributed by atoms with Gasteiger partial charge in [-0.15, -0.1) is 0 Å². The molecule has 0 N–H and O–H groups in total. The summed E-state index contributed by atoms with van der Waals surface area (Å²) in [4.78, 5) is 6.34. The maximum absolute atomic E-state index is 4.34. The number of nitrogens with zero attached hydrogens (tertiary/aromatic N) is 2. The van der Waals surface area contributed by atoms with Gasteiger partial charge >= 0.3 is 0 Å². The van der Waals surface area contributed by atoms with Crippen LogP contribution in [0.15, 0.2) is 17.3 Å². The highest BCUT2D eigenvalue weighted by Gasteiger charge is 2.02. The number of rotatable bonds is 4. The van der Waals surface area contributed by atoms with Gasteiger partial charge in [0.15, 0.2) is 0 Å². The molecule has 0 aliphatic heterocycles. The molecule has 0 saturated heterocycles. The van der Waals surface area contributed by atoms with Gasteiger partial charge < -0.3 is 4.90 Å². The predicted octanol–water partition coefficient (Wildman–Crippen LogP) is 1.93. The monoisotopic (exact) mass is 154 g/mol. The molecule has 0 spiro atoms. The van der Waals surface area contributed by atoms with E-state index in [0.29, 0.717) is 0 Å². The minimum absolute atomic E-state index is 0.843. The van der Waals surface area contributed by atoms with Crippen molar-refractivity contribution in [3.63, 3.8) is 0 Å². The zero-order valence-corrected chi connectivity index (χ0v) is 8.02. The number of hydrogen-bond donors (Lipinski definition) is 0. The largest absolute Gasteiger partial charge is 0.377 e. The molecular weight excluding hydrogens is 136 g/mol. The molecule has 0 aromatic heterocycles. The van der Waals surface area contributed by atoms with Crippen LogP contribution in [0.25, 0.3) is 0 Å². The fourth-order valence-corrected chi connectivity index (χ4v) is 0.856. The molecule has 0 unspecified atom stereocenters. The van der Waals surface area contributed by atoms with Crippen molar-refractivity contribution in [1.82, 2.24) is 4.90 Å². The molecule has 0 bridgehead atoms. The predicted molar refractivity (Wildman–Crippen MR) is 51.1 cm³/mol. The van der Waals surface area contributed by atoms with Gasteiger partial charge in [-0.2, -0.15) is 0 Å². The first-order valence-electron chi connectivity index (χ1n) is 4.03. The average Bonchev–Trinajstić information content (AvgIpc) is 1.98. The molecule has 0 saturated carbocycles. The quantitative estimate of drug-likeness (QED) is 0.565. The van der Waals surface area contributed by atoms with Crippen LogP contribution < -0.4 is 0 Å². The van der Waals surface area contributed by atoms with Crippen LogP contribution in [-0.2, 0) is 0 Å². The average molecular weight is 154 g/mol. The topological polar surface area (TPSA) is 15.6 Å². The molecule has 0 aliphatic carbocycles. The highest BCUT2D eigenvalue weighted by molar-refractivity contribution is 5.98. The Morgan fingerprint density at radius 3 is 2.18 bits per heavy atom. The Kier molecular flexibility index (Phi) is 4.59. The van der Waals surface area contributed by atoms with Gasteiger partial charge in [0.1, 0.15) is 0 Å². The van der Waals surface area contributed by atoms with Crippen LogP contribution in [0.1, 0.15) is 20.3 Å². The summed E-state index contributed by atoms with van der Waals surface area (Å²) in [5.74, 6) is 0. The molecule has 2 nitrogen and oxygen atoms in total. The standard InChI is InChI=1S/C9H18N2/c1-6-9(10-7-2)8(3)11(4)5/h3,6-7H2,1-2,4-5H3. The molecule has 0 aromatic rings. The Hall–Kier alpha value is -0.790. The molecule has 11 heavy (non-hydrogen) atoms. The van der Waals surface area contributed by atoms with Crippen molar-refractivity contribution in [3.8, 4) is 0 Å². The SMILES string of the molecule is C=C(C(CC)=NCC)N(C)C. The minimum atomic E-state index is 0.843. The van der Waals surface area contributed by atoms with Crippen LogP contribution in [0.5, 0.6) is 0 Å². The summed E-state index contributed by atoms with van der Waals surface area (Å²) in [6, 6.07) is 0. The number of allylic oxidation sites excluding steroid dienone is 1. The van der Waals surface area contributed by atoms with E-state index >= 15 is 0 Å². The van der Waals surface area contributed by atoms with Crippen molar-refractivity contribution in [1.29, 1.82) is 0 Å². The van der Waals surface area contributed by atoms with E-state index in [1.165, 1.54) is 0 Å². The van der Waals surface area contributed by atoms with E-state index in [4.69, 9.17) is 0 Å². The lowest BCUT2D eigenvalue weighted by Crippen LogP contribution is -2.17. The van der Waals surface area contributed by atoms with Gasteiger partial charge in [-0.25, -0.2) is 0 Å². The molecule has 0 rings (SSSR count). The summed E-state index contributed by atoms with van der Waals surface area (Å²) in [5, 5.41) is 0. The third-order valence-corrected chi connectivity index (χ3v) is 1.56. The summed E-state index contributed by atoms with van der Waals surface area (Å²) in [5.41, 5.74) is 2.13. The fourth-order valence-electron chi connectivity index (χ4n) is 0.856. The highest BCUT2D eigenvalue weighted by Crippen LogP contribution is 2.02. The third-order valence-electron chi connectivity index (χ3n) is 1.56. The Labute approximate surface area is 69.6 Å². The zero-order chi connectivity index (χ0) is 8.85. The molecule has 0 fully saturated rings. The Bertz CT molecular complexity index is 157. The van der Waals surface area contributed by atoms with Gasteiger partial charge in [0, 0.05) is 20.6 Å². The van der Waals surface area contributed by atoms with Crippen molar-refractivity contribution in [3.05, 3.63) is 12.3 Å². The summed E-state index contributed by atoms with van der Waals surface area (Å²) < 4.78 is 0. The molecule has 0 amide bonds. The lowest BCUT2D eigenvalue weighted by atomic mass is 10.2. The van der Waals surface area contributed by atoms with Gasteiger partial charge in [0.25, 0.3) is 0 Å². The van der Waals surface area contributed by atoms with Crippen molar-refractivity contribution in [2.24, 2.45) is 4.99 Å². The molecule has 0 aromatic carbocycles. The maximum atomic E-state index is 4.34. The third kappa shape index (κ3) is 3.21. The molecule has 2 heteroatoms. The van der Waals surface area contributed by atoms with Gasteiger partial charge in [-0.1, -0.05) is 13.5 Å². The number of hydrogen-bond acceptors (Lipinski definition) is 2. The van der Waals surface area contributed by atoms with E-state index < -0.39 is 0 Å². The van der Waals surface area contributed by atoms with Crippen LogP contribution >= 0.6 is 0 Å². The summed E-state index contributed by atoms with van der Waals surface area (Å²) >= 11 is 0. The van der Waals surface area contributed by atoms with Crippen LogP contribution in [0.4, 0.5) is 0 Å². The van der Waals surface area contributed by atoms with Crippen LogP contribution in [0, 0.1) is 0 Å². The number of aliphatic imine (C=N–C) groups is 1. The van der Waals surface area contributed by atoms with Gasteiger partial charge in [-0.3, -0.25) is 4.99 Å². The second-order valence-corrected chi connectivity index (χ2v) is 2.62. The molecule has 0 aliphatic rings. The maximum Gasteiger partial charge on any atom is 0.0572 e. The van der Waals surface area contributed by atoms with E-state index in [2.05, 4.69) is 18.5 Å². The van der Waals surface area contributed by atoms with E-state index in [-0.39, 0.29) is 0 Å². The second-order valence-electron chi connectivity index (χ2n) is 2.62. The first-order valence-corrected chi connectivity index (χ1v) is 4.03. The summed E-state index contributed by atoms with van der Waals surface area (Å²) in [6.45, 7) is 8.92. The smallest absolute Gasteiger partial charge is 0.0572 e. The van der Waals surface area contributed by atoms with Crippen LogP contribution in [-0.4, -0.2) is 31.3 Å². The summed E-state index contributed by atoms with van der Waals surface area (Å²) in [7, 11) is 3.98. The normalized spacial score (nSPS) is 11.5. The van der Waals surface area contributed by atoms with Crippen molar-refractivity contribution in [2.75, 3.05) is 20.6 Å². The molecule has 0 heterocycles. The van der Waals surface area contributed by atoms with E-state index in [9.17, 15) is 0 Å². The van der Waals surface area contributed by atoms with Crippen molar-refractivity contribution >= 4 is 5.71 Å². The van der Waals surface area contributed by atoms with E-state index in [1.807, 2.05) is 25.9 Å². The van der Waals surface area contributed by atoms with Crippen LogP contribution in [0.2, 0.25) is 0 Å². The molecular formula is C9H18N2. The molecule has 0 atom stereocenters. The first kappa shape index (κ1) is 10.2. The minimum Gasteiger partial charge on any atom is -0.377 e. The molecule has 0 radical (unpaired) electrons. The highest BCUT2D eigenvalue weighted by atomic mass is 15.1. The van der Waals surface area contributed by atoms with Gasteiger partial charge in [0.2, 0.25) is 0 Å². The van der Waals surface area contributed by atoms with Crippen molar-refractivity contribution in [2.45, 2.75) is 20.3 Å². The van der Waals surface area contributed by atoms with Gasteiger partial charge in [-0.05, 0) is 13.3 Å². The second kappa shape index (κ2) is 4.94. The zero-order valence-electron chi connectivity index (χ0n) is 8.02.